The monoisotopic (exact) mass is 276 g/mol. The molecule has 0 saturated carbocycles. The van der Waals surface area contributed by atoms with E-state index in [2.05, 4.69) is 0 Å². The Kier molecular flexibility index (Phi) is 2.81. The fourth-order valence-corrected chi connectivity index (χ4v) is 2.62. The van der Waals surface area contributed by atoms with Gasteiger partial charge in [0, 0.05) is 16.1 Å². The third kappa shape index (κ3) is 1.90. The number of fused-ring (bicyclic) bond motifs is 1. The van der Waals surface area contributed by atoms with Crippen LogP contribution in [0.3, 0.4) is 0 Å². The molecule has 3 rings (SSSR count). The van der Waals surface area contributed by atoms with Crippen LogP contribution in [0.25, 0.3) is 6.08 Å². The number of halogens is 2. The Labute approximate surface area is 116 Å². The number of para-hydroxylation sites is 1. The third-order valence-corrected chi connectivity index (χ3v) is 3.63. The molecule has 0 bridgehead atoms. The first-order valence-electron chi connectivity index (χ1n) is 5.60. The molecule has 0 saturated heterocycles. The lowest BCUT2D eigenvalue weighted by atomic mass is 10.0. The maximum atomic E-state index is 6.54. The van der Waals surface area contributed by atoms with Crippen molar-refractivity contribution in [2.75, 3.05) is 0 Å². The predicted molar refractivity (Wildman–Crippen MR) is 75.1 cm³/mol. The third-order valence-electron chi connectivity index (χ3n) is 2.90. The van der Waals surface area contributed by atoms with E-state index in [1.54, 1.807) is 6.07 Å². The minimum absolute atomic E-state index is 0.594. The molecule has 1 aliphatic rings. The van der Waals surface area contributed by atoms with Crippen molar-refractivity contribution in [2.45, 2.75) is 5.06 Å². The van der Waals surface area contributed by atoms with Crippen LogP contribution in [0.5, 0.6) is 5.75 Å². The Bertz CT molecular complexity index is 621. The number of benzene rings is 2. The highest BCUT2D eigenvalue weighted by Gasteiger charge is 2.33. The van der Waals surface area contributed by atoms with Gasteiger partial charge in [0.25, 0.3) is 0 Å². The molecule has 3 heteroatoms. The lowest BCUT2D eigenvalue weighted by Gasteiger charge is -2.30. The van der Waals surface area contributed by atoms with E-state index < -0.39 is 5.06 Å². The summed E-state index contributed by atoms with van der Waals surface area (Å²) in [6, 6.07) is 15.2. The molecule has 1 unspecified atom stereocenters. The molecule has 0 aromatic heterocycles. The summed E-state index contributed by atoms with van der Waals surface area (Å²) in [5, 5.41) is -0.441. The average molecular weight is 277 g/mol. The van der Waals surface area contributed by atoms with Crippen molar-refractivity contribution in [2.24, 2.45) is 0 Å². The van der Waals surface area contributed by atoms with E-state index in [1.807, 2.05) is 54.6 Å². The Morgan fingerprint density at radius 2 is 1.67 bits per heavy atom. The fraction of sp³-hybridized carbons (Fsp3) is 0.0667. The van der Waals surface area contributed by atoms with E-state index in [-0.39, 0.29) is 0 Å². The topological polar surface area (TPSA) is 9.23 Å². The second-order valence-corrected chi connectivity index (χ2v) is 5.07. The number of hydrogen-bond acceptors (Lipinski definition) is 1. The van der Waals surface area contributed by atoms with Gasteiger partial charge in [0.1, 0.15) is 5.75 Å². The molecule has 90 valence electrons. The maximum Gasteiger partial charge on any atom is 0.228 e. The Morgan fingerprint density at radius 1 is 0.944 bits per heavy atom. The standard InChI is InChI=1S/C15H10Cl2O/c16-13-7-3-2-6-12(13)15(17)10-9-11-5-1-4-8-14(11)18-15/h1-10H. The van der Waals surface area contributed by atoms with Gasteiger partial charge < -0.3 is 4.74 Å². The van der Waals surface area contributed by atoms with E-state index in [1.165, 1.54) is 0 Å². The van der Waals surface area contributed by atoms with Gasteiger partial charge >= 0.3 is 0 Å². The molecule has 2 aromatic rings. The van der Waals surface area contributed by atoms with E-state index in [0.717, 1.165) is 16.9 Å². The molecule has 0 radical (unpaired) electrons. The summed E-state index contributed by atoms with van der Waals surface area (Å²) in [5.41, 5.74) is 1.76. The van der Waals surface area contributed by atoms with Crippen LogP contribution in [0.4, 0.5) is 0 Å². The van der Waals surface area contributed by atoms with Gasteiger partial charge in [-0.2, -0.15) is 0 Å². The minimum atomic E-state index is -1.04. The molecule has 0 spiro atoms. The molecule has 2 aromatic carbocycles. The van der Waals surface area contributed by atoms with Crippen LogP contribution in [0.15, 0.2) is 54.6 Å². The molecule has 1 aliphatic heterocycles. The van der Waals surface area contributed by atoms with Crippen molar-refractivity contribution in [3.8, 4) is 5.75 Å². The molecule has 0 N–H and O–H groups in total. The zero-order chi connectivity index (χ0) is 12.6. The molecule has 0 fully saturated rings. The first-order chi connectivity index (χ1) is 8.69. The zero-order valence-electron chi connectivity index (χ0n) is 9.44. The Balaban J connectivity index is 2.08. The zero-order valence-corrected chi connectivity index (χ0v) is 10.9. The molecule has 18 heavy (non-hydrogen) atoms. The van der Waals surface area contributed by atoms with Gasteiger partial charge in [0.05, 0.1) is 0 Å². The lowest BCUT2D eigenvalue weighted by molar-refractivity contribution is 0.207. The highest BCUT2D eigenvalue weighted by atomic mass is 35.5. The van der Waals surface area contributed by atoms with E-state index in [9.17, 15) is 0 Å². The first-order valence-corrected chi connectivity index (χ1v) is 6.36. The predicted octanol–water partition coefficient (Wildman–Crippen LogP) is 4.84. The van der Waals surface area contributed by atoms with E-state index in [4.69, 9.17) is 27.9 Å². The van der Waals surface area contributed by atoms with Gasteiger partial charge in [-0.1, -0.05) is 59.6 Å². The Hall–Kier alpha value is -1.44. The Morgan fingerprint density at radius 3 is 2.50 bits per heavy atom. The van der Waals surface area contributed by atoms with Crippen LogP contribution in [-0.2, 0) is 5.06 Å². The van der Waals surface area contributed by atoms with Crippen LogP contribution in [0.2, 0.25) is 5.02 Å². The highest BCUT2D eigenvalue weighted by molar-refractivity contribution is 6.33. The van der Waals surface area contributed by atoms with E-state index in [0.29, 0.717) is 5.02 Å². The van der Waals surface area contributed by atoms with Crippen molar-refractivity contribution in [3.05, 3.63) is 70.8 Å². The van der Waals surface area contributed by atoms with Crippen molar-refractivity contribution in [1.82, 2.24) is 0 Å². The first kappa shape index (κ1) is 11.6. The summed E-state index contributed by atoms with van der Waals surface area (Å²) >= 11 is 12.7. The highest BCUT2D eigenvalue weighted by Crippen LogP contribution is 2.42. The maximum absolute atomic E-state index is 6.54. The van der Waals surface area contributed by atoms with Crippen molar-refractivity contribution in [1.29, 1.82) is 0 Å². The largest absolute Gasteiger partial charge is 0.463 e. The average Bonchev–Trinajstić information content (AvgIpc) is 2.39. The molecule has 0 aliphatic carbocycles. The molecular weight excluding hydrogens is 267 g/mol. The fourth-order valence-electron chi connectivity index (χ4n) is 1.98. The van der Waals surface area contributed by atoms with Crippen LogP contribution in [0, 0.1) is 0 Å². The molecule has 1 heterocycles. The summed E-state index contributed by atoms with van der Waals surface area (Å²) in [6.07, 6.45) is 3.77. The van der Waals surface area contributed by atoms with Crippen molar-refractivity contribution >= 4 is 29.3 Å². The second-order valence-electron chi connectivity index (χ2n) is 4.10. The lowest BCUT2D eigenvalue weighted by Crippen LogP contribution is -2.26. The quantitative estimate of drug-likeness (QED) is 0.678. The molecular formula is C15H10Cl2O. The number of ether oxygens (including phenoxy) is 1. The summed E-state index contributed by atoms with van der Waals surface area (Å²) in [7, 11) is 0. The number of rotatable bonds is 1. The van der Waals surface area contributed by atoms with Gasteiger partial charge in [-0.15, -0.1) is 0 Å². The van der Waals surface area contributed by atoms with E-state index >= 15 is 0 Å². The molecule has 0 amide bonds. The van der Waals surface area contributed by atoms with Gasteiger partial charge in [0.2, 0.25) is 5.06 Å². The van der Waals surface area contributed by atoms with Gasteiger partial charge in [-0.25, -0.2) is 0 Å². The van der Waals surface area contributed by atoms with Crippen LogP contribution >= 0.6 is 23.2 Å². The van der Waals surface area contributed by atoms with Crippen LogP contribution in [0.1, 0.15) is 11.1 Å². The summed E-state index contributed by atoms with van der Waals surface area (Å²) in [4.78, 5) is 0. The normalized spacial score (nSPS) is 21.2. The summed E-state index contributed by atoms with van der Waals surface area (Å²) in [5.74, 6) is 0.759. The van der Waals surface area contributed by atoms with Crippen molar-refractivity contribution < 1.29 is 4.74 Å². The van der Waals surface area contributed by atoms with Crippen LogP contribution < -0.4 is 4.74 Å². The van der Waals surface area contributed by atoms with Gasteiger partial charge in [0.15, 0.2) is 0 Å². The van der Waals surface area contributed by atoms with Gasteiger partial charge in [-0.05, 0) is 24.3 Å². The summed E-state index contributed by atoms with van der Waals surface area (Å²) in [6.45, 7) is 0. The minimum Gasteiger partial charge on any atom is -0.463 e. The van der Waals surface area contributed by atoms with Crippen molar-refractivity contribution in [3.63, 3.8) is 0 Å². The van der Waals surface area contributed by atoms with Crippen LogP contribution in [-0.4, -0.2) is 0 Å². The SMILES string of the molecule is Clc1ccccc1C1(Cl)C=Cc2ccccc2O1. The summed E-state index contributed by atoms with van der Waals surface area (Å²) < 4.78 is 5.88. The van der Waals surface area contributed by atoms with Gasteiger partial charge in [-0.3, -0.25) is 0 Å². The number of alkyl halides is 1. The number of hydrogen-bond donors (Lipinski definition) is 0. The second kappa shape index (κ2) is 4.34. The smallest absolute Gasteiger partial charge is 0.228 e. The molecule has 1 atom stereocenters. The molecule has 1 nitrogen and oxygen atoms in total.